The quantitative estimate of drug-likeness (QED) is 0.498. The zero-order chi connectivity index (χ0) is 21.8. The number of aryl methyl sites for hydroxylation is 1. The van der Waals surface area contributed by atoms with Crippen LogP contribution in [0.1, 0.15) is 34.6 Å². The molecule has 0 saturated carbocycles. The summed E-state index contributed by atoms with van der Waals surface area (Å²) in [5.74, 6) is -0.579. The standard InChI is InChI=1S/C23H23ClFN3O2S/c24-18-15-16(25)9-10-17(18)23(30)28-13-11-27(12-14-28)22(29)8-4-3-7-21-26-19-5-1-2-6-20(19)31-21/h1-2,5-6,9-10,15H,3-4,7-8,11-14H2. The number of nitrogens with zero attached hydrogens (tertiary/aromatic N) is 3. The first-order valence-corrected chi connectivity index (χ1v) is 11.6. The number of fused-ring (bicyclic) bond motifs is 1. The van der Waals surface area contributed by atoms with Crippen LogP contribution >= 0.6 is 22.9 Å². The first-order valence-electron chi connectivity index (χ1n) is 10.4. The summed E-state index contributed by atoms with van der Waals surface area (Å²) in [6.45, 7) is 1.90. The van der Waals surface area contributed by atoms with Crippen molar-refractivity contribution in [3.8, 4) is 0 Å². The van der Waals surface area contributed by atoms with E-state index in [1.165, 1.54) is 16.8 Å². The van der Waals surface area contributed by atoms with E-state index < -0.39 is 5.82 Å². The van der Waals surface area contributed by atoms with Crippen molar-refractivity contribution >= 4 is 45.0 Å². The monoisotopic (exact) mass is 459 g/mol. The second kappa shape index (κ2) is 9.75. The van der Waals surface area contributed by atoms with Gasteiger partial charge < -0.3 is 9.80 Å². The molecule has 1 aromatic heterocycles. The maximum Gasteiger partial charge on any atom is 0.255 e. The molecule has 1 fully saturated rings. The number of thiazole rings is 1. The van der Waals surface area contributed by atoms with Crippen molar-refractivity contribution < 1.29 is 14.0 Å². The molecule has 0 radical (unpaired) electrons. The fourth-order valence-corrected chi connectivity index (χ4v) is 4.99. The van der Waals surface area contributed by atoms with Crippen molar-refractivity contribution in [2.24, 2.45) is 0 Å². The van der Waals surface area contributed by atoms with Crippen molar-refractivity contribution in [1.29, 1.82) is 0 Å². The molecule has 31 heavy (non-hydrogen) atoms. The van der Waals surface area contributed by atoms with Gasteiger partial charge in [0.2, 0.25) is 5.91 Å². The van der Waals surface area contributed by atoms with Crippen LogP contribution in [-0.4, -0.2) is 52.8 Å². The van der Waals surface area contributed by atoms with E-state index in [4.69, 9.17) is 11.6 Å². The Kier molecular flexibility index (Phi) is 6.83. The van der Waals surface area contributed by atoms with E-state index in [-0.39, 0.29) is 22.4 Å². The van der Waals surface area contributed by atoms with E-state index in [2.05, 4.69) is 11.1 Å². The van der Waals surface area contributed by atoms with Gasteiger partial charge in [0, 0.05) is 32.6 Å². The van der Waals surface area contributed by atoms with Gasteiger partial charge in [-0.2, -0.15) is 0 Å². The van der Waals surface area contributed by atoms with Gasteiger partial charge in [0.05, 0.1) is 25.8 Å². The second-order valence-corrected chi connectivity index (χ2v) is 9.10. The lowest BCUT2D eigenvalue weighted by Gasteiger charge is -2.35. The summed E-state index contributed by atoms with van der Waals surface area (Å²) in [7, 11) is 0. The van der Waals surface area contributed by atoms with Crippen molar-refractivity contribution in [2.75, 3.05) is 26.2 Å². The van der Waals surface area contributed by atoms with Gasteiger partial charge in [0.1, 0.15) is 5.82 Å². The van der Waals surface area contributed by atoms with Crippen LogP contribution in [0.2, 0.25) is 5.02 Å². The van der Waals surface area contributed by atoms with Crippen molar-refractivity contribution in [1.82, 2.24) is 14.8 Å². The number of halogens is 2. The minimum absolute atomic E-state index is 0.108. The Morgan fingerprint density at radius 3 is 2.52 bits per heavy atom. The fraction of sp³-hybridized carbons (Fsp3) is 0.348. The first-order chi connectivity index (χ1) is 15.0. The molecule has 1 aliphatic rings. The average molecular weight is 460 g/mol. The Balaban J connectivity index is 1.20. The van der Waals surface area contributed by atoms with Gasteiger partial charge in [-0.05, 0) is 49.6 Å². The number of carbonyl (C=O) groups is 2. The van der Waals surface area contributed by atoms with Crippen molar-refractivity contribution in [3.63, 3.8) is 0 Å². The van der Waals surface area contributed by atoms with Gasteiger partial charge in [0.15, 0.2) is 0 Å². The van der Waals surface area contributed by atoms with Gasteiger partial charge in [-0.25, -0.2) is 9.37 Å². The maximum absolute atomic E-state index is 13.2. The summed E-state index contributed by atoms with van der Waals surface area (Å²) >= 11 is 7.72. The van der Waals surface area contributed by atoms with Crippen LogP contribution in [0.25, 0.3) is 10.2 Å². The van der Waals surface area contributed by atoms with E-state index in [0.29, 0.717) is 32.6 Å². The molecular weight excluding hydrogens is 437 g/mol. The van der Waals surface area contributed by atoms with E-state index in [1.54, 1.807) is 16.2 Å². The number of para-hydroxylation sites is 1. The first kappa shape index (κ1) is 21.7. The lowest BCUT2D eigenvalue weighted by atomic mass is 10.1. The number of amides is 2. The molecule has 4 rings (SSSR count). The Bertz CT molecular complexity index is 1060. The number of aromatic nitrogens is 1. The third kappa shape index (κ3) is 5.22. The molecule has 1 saturated heterocycles. The molecule has 2 aromatic carbocycles. The molecule has 2 amide bonds. The summed E-state index contributed by atoms with van der Waals surface area (Å²) in [4.78, 5) is 33.3. The number of benzene rings is 2. The highest BCUT2D eigenvalue weighted by Gasteiger charge is 2.25. The fourth-order valence-electron chi connectivity index (χ4n) is 3.73. The highest BCUT2D eigenvalue weighted by molar-refractivity contribution is 7.18. The van der Waals surface area contributed by atoms with E-state index in [9.17, 15) is 14.0 Å². The normalized spacial score (nSPS) is 14.3. The molecule has 5 nitrogen and oxygen atoms in total. The minimum atomic E-state index is -0.472. The second-order valence-electron chi connectivity index (χ2n) is 7.58. The van der Waals surface area contributed by atoms with Gasteiger partial charge in [-0.3, -0.25) is 9.59 Å². The number of unbranched alkanes of at least 4 members (excludes halogenated alkanes) is 1. The molecule has 162 valence electrons. The smallest absolute Gasteiger partial charge is 0.255 e. The van der Waals surface area contributed by atoms with E-state index in [0.717, 1.165) is 35.9 Å². The molecule has 0 atom stereocenters. The van der Waals surface area contributed by atoms with Crippen molar-refractivity contribution in [3.05, 3.63) is 63.9 Å². The van der Waals surface area contributed by atoms with Crippen LogP contribution in [0, 0.1) is 5.82 Å². The number of hydrogen-bond donors (Lipinski definition) is 0. The summed E-state index contributed by atoms with van der Waals surface area (Å²) in [6.07, 6.45) is 3.13. The molecule has 8 heteroatoms. The van der Waals surface area contributed by atoms with Crippen LogP contribution in [0.15, 0.2) is 42.5 Å². The van der Waals surface area contributed by atoms with Gasteiger partial charge in [-0.1, -0.05) is 23.7 Å². The van der Waals surface area contributed by atoms with E-state index in [1.807, 2.05) is 23.1 Å². The Labute approximate surface area is 189 Å². The number of piperazine rings is 1. The molecule has 2 heterocycles. The lowest BCUT2D eigenvalue weighted by molar-refractivity contribution is -0.132. The van der Waals surface area contributed by atoms with Gasteiger partial charge in [0.25, 0.3) is 5.91 Å². The van der Waals surface area contributed by atoms with Gasteiger partial charge >= 0.3 is 0 Å². The minimum Gasteiger partial charge on any atom is -0.339 e. The highest BCUT2D eigenvalue weighted by Crippen LogP contribution is 2.23. The Morgan fingerprint density at radius 1 is 1.03 bits per heavy atom. The van der Waals surface area contributed by atoms with Crippen LogP contribution in [-0.2, 0) is 11.2 Å². The third-order valence-corrected chi connectivity index (χ3v) is 6.86. The highest BCUT2D eigenvalue weighted by atomic mass is 35.5. The van der Waals surface area contributed by atoms with Crippen molar-refractivity contribution in [2.45, 2.75) is 25.7 Å². The van der Waals surface area contributed by atoms with E-state index >= 15 is 0 Å². The molecule has 0 aliphatic carbocycles. The van der Waals surface area contributed by atoms with Crippen LogP contribution in [0.5, 0.6) is 0 Å². The molecular formula is C23H23ClFN3O2S. The van der Waals surface area contributed by atoms with Gasteiger partial charge in [-0.15, -0.1) is 11.3 Å². The maximum atomic E-state index is 13.2. The lowest BCUT2D eigenvalue weighted by Crippen LogP contribution is -2.50. The molecule has 0 unspecified atom stereocenters. The van der Waals surface area contributed by atoms with Crippen LogP contribution in [0.3, 0.4) is 0 Å². The topological polar surface area (TPSA) is 53.5 Å². The third-order valence-electron chi connectivity index (χ3n) is 5.45. The average Bonchev–Trinajstić information content (AvgIpc) is 3.19. The number of carbonyl (C=O) groups excluding carboxylic acids is 2. The summed E-state index contributed by atoms with van der Waals surface area (Å²) < 4.78 is 14.4. The molecule has 1 aliphatic heterocycles. The SMILES string of the molecule is O=C(CCCCc1nc2ccccc2s1)N1CCN(C(=O)c2ccc(F)cc2Cl)CC1. The summed E-state index contributed by atoms with van der Waals surface area (Å²) in [5.41, 5.74) is 1.32. The molecule has 3 aromatic rings. The largest absolute Gasteiger partial charge is 0.339 e. The number of hydrogen-bond acceptors (Lipinski definition) is 4. The summed E-state index contributed by atoms with van der Waals surface area (Å²) in [6, 6.07) is 11.9. The Morgan fingerprint density at radius 2 is 1.77 bits per heavy atom. The summed E-state index contributed by atoms with van der Waals surface area (Å²) in [5, 5.41) is 1.22. The molecule has 0 spiro atoms. The number of rotatable bonds is 6. The Hall–Kier alpha value is -2.51. The van der Waals surface area contributed by atoms with Crippen LogP contribution < -0.4 is 0 Å². The zero-order valence-electron chi connectivity index (χ0n) is 17.0. The van der Waals surface area contributed by atoms with Crippen LogP contribution in [0.4, 0.5) is 4.39 Å². The predicted octanol–water partition coefficient (Wildman–Crippen LogP) is 4.79. The molecule has 0 bridgehead atoms. The molecule has 0 N–H and O–H groups in total. The predicted molar refractivity (Wildman–Crippen MR) is 121 cm³/mol. The zero-order valence-corrected chi connectivity index (χ0v) is 18.6.